The van der Waals surface area contributed by atoms with Crippen molar-refractivity contribution in [3.8, 4) is 0 Å². The molecule has 0 fully saturated rings. The Balaban J connectivity index is 1.70. The lowest BCUT2D eigenvalue weighted by atomic mass is 10.2. The Morgan fingerprint density at radius 3 is 2.64 bits per heavy atom. The molecule has 0 aliphatic rings. The zero-order chi connectivity index (χ0) is 15.8. The average molecular weight is 353 g/mol. The molecule has 6 heteroatoms. The van der Waals surface area contributed by atoms with Gasteiger partial charge in [0.15, 0.2) is 0 Å². The van der Waals surface area contributed by atoms with Crippen LogP contribution in [-0.2, 0) is 10.5 Å². The number of amides is 1. The molecule has 22 heavy (non-hydrogen) atoms. The third-order valence-corrected chi connectivity index (χ3v) is 4.16. The van der Waals surface area contributed by atoms with Crippen LogP contribution in [0.15, 0.2) is 53.6 Å². The van der Waals surface area contributed by atoms with Crippen LogP contribution in [0.5, 0.6) is 0 Å². The SMILES string of the molecule is O=C(CSCc1ccc(Cl)cc1)N/N=C\c1cccc(Cl)c1. The van der Waals surface area contributed by atoms with Crippen LogP contribution in [0.2, 0.25) is 10.0 Å². The van der Waals surface area contributed by atoms with Crippen LogP contribution in [0.4, 0.5) is 0 Å². The number of carbonyl (C=O) groups excluding carboxylic acids is 1. The fourth-order valence-corrected chi connectivity index (χ4v) is 2.75. The lowest BCUT2D eigenvalue weighted by Crippen LogP contribution is -2.19. The summed E-state index contributed by atoms with van der Waals surface area (Å²) in [6.45, 7) is 0. The third-order valence-electron chi connectivity index (χ3n) is 2.67. The van der Waals surface area contributed by atoms with Crippen LogP contribution < -0.4 is 5.43 Å². The van der Waals surface area contributed by atoms with E-state index in [-0.39, 0.29) is 5.91 Å². The highest BCUT2D eigenvalue weighted by molar-refractivity contribution is 7.99. The van der Waals surface area contributed by atoms with Crippen LogP contribution in [0.3, 0.4) is 0 Å². The predicted molar refractivity (Wildman–Crippen MR) is 94.8 cm³/mol. The number of carbonyl (C=O) groups is 1. The van der Waals surface area contributed by atoms with Crippen LogP contribution in [0.1, 0.15) is 11.1 Å². The van der Waals surface area contributed by atoms with E-state index in [2.05, 4.69) is 10.5 Å². The Hall–Kier alpha value is -1.49. The van der Waals surface area contributed by atoms with Crippen molar-refractivity contribution in [1.82, 2.24) is 5.43 Å². The summed E-state index contributed by atoms with van der Waals surface area (Å²) < 4.78 is 0. The van der Waals surface area contributed by atoms with Gasteiger partial charge >= 0.3 is 0 Å². The molecule has 2 aromatic rings. The fraction of sp³-hybridized carbons (Fsp3) is 0.125. The maximum atomic E-state index is 11.7. The molecule has 0 aliphatic carbocycles. The second-order valence-corrected chi connectivity index (χ2v) is 6.33. The maximum Gasteiger partial charge on any atom is 0.250 e. The van der Waals surface area contributed by atoms with Gasteiger partial charge in [-0.05, 0) is 35.4 Å². The summed E-state index contributed by atoms with van der Waals surface area (Å²) in [6, 6.07) is 14.8. The maximum absolute atomic E-state index is 11.7. The van der Waals surface area contributed by atoms with E-state index < -0.39 is 0 Å². The first-order valence-electron chi connectivity index (χ1n) is 6.53. The van der Waals surface area contributed by atoms with Crippen molar-refractivity contribution in [3.05, 3.63) is 69.7 Å². The van der Waals surface area contributed by atoms with E-state index in [1.165, 1.54) is 11.8 Å². The van der Waals surface area contributed by atoms with Crippen LogP contribution >= 0.6 is 35.0 Å². The number of hydrogen-bond acceptors (Lipinski definition) is 3. The number of benzene rings is 2. The molecule has 1 amide bonds. The van der Waals surface area contributed by atoms with Gasteiger partial charge in [-0.15, -0.1) is 11.8 Å². The number of nitrogens with zero attached hydrogens (tertiary/aromatic N) is 1. The van der Waals surface area contributed by atoms with Gasteiger partial charge in [0, 0.05) is 15.8 Å². The van der Waals surface area contributed by atoms with Crippen molar-refractivity contribution in [3.63, 3.8) is 0 Å². The fourth-order valence-electron chi connectivity index (χ4n) is 1.64. The molecule has 0 saturated heterocycles. The summed E-state index contributed by atoms with van der Waals surface area (Å²) in [5.41, 5.74) is 4.46. The van der Waals surface area contributed by atoms with E-state index in [9.17, 15) is 4.79 Å². The molecule has 0 saturated carbocycles. The Bertz CT molecular complexity index is 659. The molecular weight excluding hydrogens is 339 g/mol. The van der Waals surface area contributed by atoms with Gasteiger partial charge in [0.05, 0.1) is 12.0 Å². The van der Waals surface area contributed by atoms with E-state index in [1.807, 2.05) is 36.4 Å². The van der Waals surface area contributed by atoms with Crippen LogP contribution in [-0.4, -0.2) is 17.9 Å². The smallest absolute Gasteiger partial charge is 0.250 e. The zero-order valence-corrected chi connectivity index (χ0v) is 14.0. The third kappa shape index (κ3) is 6.10. The van der Waals surface area contributed by atoms with Gasteiger partial charge in [-0.25, -0.2) is 5.43 Å². The lowest BCUT2D eigenvalue weighted by molar-refractivity contribution is -0.118. The quantitative estimate of drug-likeness (QED) is 0.619. The number of halogens is 2. The first kappa shape index (κ1) is 16.9. The summed E-state index contributed by atoms with van der Waals surface area (Å²) in [7, 11) is 0. The van der Waals surface area contributed by atoms with Gasteiger partial charge < -0.3 is 0 Å². The molecule has 2 aromatic carbocycles. The molecule has 114 valence electrons. The molecule has 1 N–H and O–H groups in total. The summed E-state index contributed by atoms with van der Waals surface area (Å²) in [6.07, 6.45) is 1.56. The van der Waals surface area contributed by atoms with Gasteiger partial charge in [-0.3, -0.25) is 4.79 Å². The molecule has 0 spiro atoms. The molecule has 0 radical (unpaired) electrons. The zero-order valence-electron chi connectivity index (χ0n) is 11.6. The number of nitrogens with one attached hydrogen (secondary N) is 1. The standard InChI is InChI=1S/C16H14Cl2N2OS/c17-14-6-4-12(5-7-14)10-22-11-16(21)20-19-9-13-2-1-3-15(18)8-13/h1-9H,10-11H2,(H,20,21)/b19-9-. The first-order chi connectivity index (χ1) is 10.6. The monoisotopic (exact) mass is 352 g/mol. The van der Waals surface area contributed by atoms with E-state index >= 15 is 0 Å². The molecule has 0 heterocycles. The molecule has 0 bridgehead atoms. The minimum atomic E-state index is -0.141. The Morgan fingerprint density at radius 1 is 1.14 bits per heavy atom. The highest BCUT2D eigenvalue weighted by atomic mass is 35.5. The van der Waals surface area contributed by atoms with Crippen molar-refractivity contribution in [1.29, 1.82) is 0 Å². The van der Waals surface area contributed by atoms with Gasteiger partial charge in [-0.1, -0.05) is 47.5 Å². The number of hydrogen-bond donors (Lipinski definition) is 1. The van der Waals surface area contributed by atoms with Gasteiger partial charge in [-0.2, -0.15) is 5.10 Å². The predicted octanol–water partition coefficient (Wildman–Crippen LogP) is 4.38. The van der Waals surface area contributed by atoms with Gasteiger partial charge in [0.25, 0.3) is 0 Å². The van der Waals surface area contributed by atoms with E-state index in [0.717, 1.165) is 16.9 Å². The molecule has 0 atom stereocenters. The Labute approximate surface area is 143 Å². The molecule has 2 rings (SSSR count). The molecule has 0 aromatic heterocycles. The highest BCUT2D eigenvalue weighted by Gasteiger charge is 2.01. The van der Waals surface area contributed by atoms with E-state index in [4.69, 9.17) is 23.2 Å². The highest BCUT2D eigenvalue weighted by Crippen LogP contribution is 2.15. The Morgan fingerprint density at radius 2 is 1.91 bits per heavy atom. The van der Waals surface area contributed by atoms with E-state index in [1.54, 1.807) is 18.3 Å². The second kappa shape index (κ2) is 8.83. The normalized spacial score (nSPS) is 10.8. The molecule has 0 aliphatic heterocycles. The second-order valence-electron chi connectivity index (χ2n) is 4.47. The molecular formula is C16H14Cl2N2OS. The summed E-state index contributed by atoms with van der Waals surface area (Å²) in [4.78, 5) is 11.7. The topological polar surface area (TPSA) is 41.5 Å². The van der Waals surface area contributed by atoms with Crippen molar-refractivity contribution >= 4 is 47.1 Å². The summed E-state index contributed by atoms with van der Waals surface area (Å²) in [5, 5.41) is 5.25. The van der Waals surface area contributed by atoms with Crippen molar-refractivity contribution in [2.24, 2.45) is 5.10 Å². The largest absolute Gasteiger partial charge is 0.272 e. The first-order valence-corrected chi connectivity index (χ1v) is 8.44. The molecule has 0 unspecified atom stereocenters. The van der Waals surface area contributed by atoms with Crippen LogP contribution in [0.25, 0.3) is 0 Å². The van der Waals surface area contributed by atoms with Crippen molar-refractivity contribution < 1.29 is 4.79 Å². The van der Waals surface area contributed by atoms with E-state index in [0.29, 0.717) is 15.8 Å². The summed E-state index contributed by atoms with van der Waals surface area (Å²) in [5.74, 6) is 0.954. The lowest BCUT2D eigenvalue weighted by Gasteiger charge is -2.02. The van der Waals surface area contributed by atoms with Crippen molar-refractivity contribution in [2.45, 2.75) is 5.75 Å². The van der Waals surface area contributed by atoms with Gasteiger partial charge in [0.1, 0.15) is 0 Å². The van der Waals surface area contributed by atoms with Crippen LogP contribution in [0, 0.1) is 0 Å². The number of rotatable bonds is 6. The number of hydrazone groups is 1. The van der Waals surface area contributed by atoms with Crippen molar-refractivity contribution in [2.75, 3.05) is 5.75 Å². The average Bonchev–Trinajstić information content (AvgIpc) is 2.49. The minimum absolute atomic E-state index is 0.141. The van der Waals surface area contributed by atoms with Gasteiger partial charge in [0.2, 0.25) is 5.91 Å². The Kier molecular flexibility index (Phi) is 6.77. The number of thioether (sulfide) groups is 1. The summed E-state index contributed by atoms with van der Waals surface area (Å²) >= 11 is 13.2. The minimum Gasteiger partial charge on any atom is -0.272 e. The molecule has 3 nitrogen and oxygen atoms in total.